The van der Waals surface area contributed by atoms with Crippen LogP contribution in [-0.4, -0.2) is 18.4 Å². The molecular formula is C21H15ClO3. The van der Waals surface area contributed by atoms with Crippen molar-refractivity contribution >= 4 is 40.2 Å². The number of benzene rings is 3. The smallest absolute Gasteiger partial charge is 0.331 e. The van der Waals surface area contributed by atoms with Crippen LogP contribution in [0.15, 0.2) is 72.8 Å². The lowest BCUT2D eigenvalue weighted by Gasteiger charge is -2.03. The lowest BCUT2D eigenvalue weighted by atomic mass is 10.0. The van der Waals surface area contributed by atoms with Crippen LogP contribution in [-0.2, 0) is 9.53 Å². The quantitative estimate of drug-likeness (QED) is 0.372. The minimum Gasteiger partial charge on any atom is -0.454 e. The van der Waals surface area contributed by atoms with Crippen molar-refractivity contribution in [2.75, 3.05) is 6.61 Å². The average molecular weight is 351 g/mol. The van der Waals surface area contributed by atoms with Gasteiger partial charge in [0.25, 0.3) is 0 Å². The summed E-state index contributed by atoms with van der Waals surface area (Å²) < 4.78 is 5.01. The highest BCUT2D eigenvalue weighted by Gasteiger charge is 2.08. The molecule has 0 atom stereocenters. The van der Waals surface area contributed by atoms with Gasteiger partial charge in [0.15, 0.2) is 12.4 Å². The van der Waals surface area contributed by atoms with E-state index in [0.717, 1.165) is 16.3 Å². The lowest BCUT2D eigenvalue weighted by Crippen LogP contribution is -2.12. The summed E-state index contributed by atoms with van der Waals surface area (Å²) in [6, 6.07) is 20.2. The van der Waals surface area contributed by atoms with Crippen molar-refractivity contribution in [3.05, 3.63) is 89.0 Å². The maximum absolute atomic E-state index is 12.0. The topological polar surface area (TPSA) is 43.4 Å². The summed E-state index contributed by atoms with van der Waals surface area (Å²) >= 11 is 5.78. The van der Waals surface area contributed by atoms with Crippen LogP contribution in [0.3, 0.4) is 0 Å². The van der Waals surface area contributed by atoms with E-state index in [1.165, 1.54) is 6.08 Å². The van der Waals surface area contributed by atoms with Crippen LogP contribution in [0, 0.1) is 0 Å². The summed E-state index contributed by atoms with van der Waals surface area (Å²) in [6.07, 6.45) is 3.02. The first kappa shape index (κ1) is 16.9. The number of esters is 1. The molecule has 0 aromatic heterocycles. The zero-order valence-electron chi connectivity index (χ0n) is 13.3. The highest BCUT2D eigenvalue weighted by molar-refractivity contribution is 6.30. The van der Waals surface area contributed by atoms with Crippen LogP contribution in [0.25, 0.3) is 16.8 Å². The van der Waals surface area contributed by atoms with Crippen molar-refractivity contribution in [1.82, 2.24) is 0 Å². The van der Waals surface area contributed by atoms with E-state index in [1.54, 1.807) is 30.3 Å². The number of ketones is 1. The maximum Gasteiger partial charge on any atom is 0.331 e. The van der Waals surface area contributed by atoms with Crippen molar-refractivity contribution in [2.45, 2.75) is 0 Å². The zero-order valence-corrected chi connectivity index (χ0v) is 14.1. The van der Waals surface area contributed by atoms with Gasteiger partial charge in [-0.05, 0) is 46.7 Å². The summed E-state index contributed by atoms with van der Waals surface area (Å²) in [4.78, 5) is 23.8. The number of carbonyl (C=O) groups is 2. The normalized spacial score (nSPS) is 10.9. The molecule has 3 nitrogen and oxygen atoms in total. The molecule has 0 amide bonds. The number of rotatable bonds is 5. The Labute approximate surface area is 150 Å². The molecule has 0 N–H and O–H groups in total. The Morgan fingerprint density at radius 1 is 0.920 bits per heavy atom. The minimum atomic E-state index is -0.560. The molecule has 124 valence electrons. The van der Waals surface area contributed by atoms with Gasteiger partial charge in [-0.1, -0.05) is 54.1 Å². The number of hydrogen-bond donors (Lipinski definition) is 0. The number of hydrogen-bond acceptors (Lipinski definition) is 3. The van der Waals surface area contributed by atoms with Crippen LogP contribution in [0.2, 0.25) is 5.02 Å². The Morgan fingerprint density at radius 3 is 2.44 bits per heavy atom. The van der Waals surface area contributed by atoms with Gasteiger partial charge in [-0.2, -0.15) is 0 Å². The van der Waals surface area contributed by atoms with Gasteiger partial charge in [-0.25, -0.2) is 4.79 Å². The monoisotopic (exact) mass is 350 g/mol. The first-order valence-corrected chi connectivity index (χ1v) is 8.12. The molecule has 0 spiro atoms. The fraction of sp³-hybridized carbons (Fsp3) is 0.0476. The van der Waals surface area contributed by atoms with Gasteiger partial charge in [-0.15, -0.1) is 0 Å². The predicted octanol–water partition coefficient (Wildman–Crippen LogP) is 4.93. The number of ether oxygens (including phenoxy) is 1. The van der Waals surface area contributed by atoms with E-state index in [4.69, 9.17) is 16.3 Å². The van der Waals surface area contributed by atoms with Gasteiger partial charge in [-0.3, -0.25) is 4.79 Å². The zero-order chi connectivity index (χ0) is 17.6. The second kappa shape index (κ2) is 7.77. The first-order valence-electron chi connectivity index (χ1n) is 7.75. The van der Waals surface area contributed by atoms with Crippen LogP contribution in [0.1, 0.15) is 15.9 Å². The Kier molecular flexibility index (Phi) is 5.26. The Bertz CT molecular complexity index is 938. The maximum atomic E-state index is 12.0. The first-order chi connectivity index (χ1) is 12.1. The average Bonchev–Trinajstić information content (AvgIpc) is 2.65. The van der Waals surface area contributed by atoms with Crippen LogP contribution >= 0.6 is 11.6 Å². The predicted molar refractivity (Wildman–Crippen MR) is 99.7 cm³/mol. The third-order valence-corrected chi connectivity index (χ3v) is 3.99. The molecule has 0 fully saturated rings. The van der Waals surface area contributed by atoms with Gasteiger partial charge in [0.05, 0.1) is 0 Å². The van der Waals surface area contributed by atoms with Crippen molar-refractivity contribution in [3.8, 4) is 0 Å². The standard InChI is InChI=1S/C21H15ClO3/c22-18-11-8-17(9-12-18)20(23)14-25-21(24)13-10-16-6-3-5-15-4-1-2-7-19(15)16/h1-13H,14H2/b13-10+. The lowest BCUT2D eigenvalue weighted by molar-refractivity contribution is -0.136. The van der Waals surface area contributed by atoms with Crippen LogP contribution in [0.5, 0.6) is 0 Å². The van der Waals surface area contributed by atoms with E-state index < -0.39 is 5.97 Å². The van der Waals surface area contributed by atoms with E-state index in [-0.39, 0.29) is 12.4 Å². The summed E-state index contributed by atoms with van der Waals surface area (Å²) in [5, 5.41) is 2.69. The number of carbonyl (C=O) groups excluding carboxylic acids is 2. The molecule has 0 saturated heterocycles. The SMILES string of the molecule is O=C(/C=C/c1cccc2ccccc12)OCC(=O)c1ccc(Cl)cc1. The Balaban J connectivity index is 1.63. The number of Topliss-reactive ketones (excluding diaryl/α,β-unsaturated/α-hetero) is 1. The molecule has 0 aliphatic carbocycles. The molecule has 3 rings (SSSR count). The van der Waals surface area contributed by atoms with Crippen molar-refractivity contribution < 1.29 is 14.3 Å². The second-order valence-corrected chi connectivity index (χ2v) is 5.88. The van der Waals surface area contributed by atoms with Gasteiger partial charge in [0, 0.05) is 16.7 Å². The number of halogens is 1. The second-order valence-electron chi connectivity index (χ2n) is 5.44. The van der Waals surface area contributed by atoms with E-state index in [9.17, 15) is 9.59 Å². The molecule has 0 heterocycles. The molecule has 0 saturated carbocycles. The van der Waals surface area contributed by atoms with Gasteiger partial charge in [0.2, 0.25) is 0 Å². The summed E-state index contributed by atoms with van der Waals surface area (Å²) in [5.41, 5.74) is 1.37. The molecule has 3 aromatic carbocycles. The van der Waals surface area contributed by atoms with E-state index >= 15 is 0 Å². The minimum absolute atomic E-state index is 0.274. The molecule has 4 heteroatoms. The highest BCUT2D eigenvalue weighted by Crippen LogP contribution is 2.19. The summed E-state index contributed by atoms with van der Waals surface area (Å²) in [5.74, 6) is -0.834. The van der Waals surface area contributed by atoms with Gasteiger partial charge < -0.3 is 4.74 Å². The van der Waals surface area contributed by atoms with E-state index in [1.807, 2.05) is 42.5 Å². The summed E-state index contributed by atoms with van der Waals surface area (Å²) in [7, 11) is 0. The largest absolute Gasteiger partial charge is 0.454 e. The molecule has 0 unspecified atom stereocenters. The molecular weight excluding hydrogens is 336 g/mol. The van der Waals surface area contributed by atoms with Crippen molar-refractivity contribution in [1.29, 1.82) is 0 Å². The van der Waals surface area contributed by atoms with Gasteiger partial charge in [0.1, 0.15) is 0 Å². The van der Waals surface area contributed by atoms with Crippen molar-refractivity contribution in [3.63, 3.8) is 0 Å². The number of fused-ring (bicyclic) bond motifs is 1. The van der Waals surface area contributed by atoms with E-state index in [2.05, 4.69) is 0 Å². The van der Waals surface area contributed by atoms with Crippen LogP contribution < -0.4 is 0 Å². The van der Waals surface area contributed by atoms with Crippen molar-refractivity contribution in [2.24, 2.45) is 0 Å². The highest BCUT2D eigenvalue weighted by atomic mass is 35.5. The Hall–Kier alpha value is -2.91. The fourth-order valence-electron chi connectivity index (χ4n) is 2.46. The van der Waals surface area contributed by atoms with Crippen LogP contribution in [0.4, 0.5) is 0 Å². The molecule has 0 radical (unpaired) electrons. The molecule has 0 aliphatic rings. The molecule has 25 heavy (non-hydrogen) atoms. The molecule has 3 aromatic rings. The fourth-order valence-corrected chi connectivity index (χ4v) is 2.58. The van der Waals surface area contributed by atoms with E-state index in [0.29, 0.717) is 10.6 Å². The molecule has 0 bridgehead atoms. The molecule has 0 aliphatic heterocycles. The third kappa shape index (κ3) is 4.34. The summed E-state index contributed by atoms with van der Waals surface area (Å²) in [6.45, 7) is -0.305. The Morgan fingerprint density at radius 2 is 1.64 bits per heavy atom. The third-order valence-electron chi connectivity index (χ3n) is 3.73. The van der Waals surface area contributed by atoms with Gasteiger partial charge >= 0.3 is 5.97 Å².